The maximum atomic E-state index is 13.2. The van der Waals surface area contributed by atoms with Gasteiger partial charge in [0.2, 0.25) is 17.8 Å². The van der Waals surface area contributed by atoms with E-state index in [1.165, 1.54) is 0 Å². The molecule has 8 heteroatoms. The van der Waals surface area contributed by atoms with Crippen LogP contribution in [0.1, 0.15) is 70.1 Å². The second-order valence-electron chi connectivity index (χ2n) is 8.79. The molecule has 26 heavy (non-hydrogen) atoms. The van der Waals surface area contributed by atoms with Crippen molar-refractivity contribution in [3.63, 3.8) is 0 Å². The van der Waals surface area contributed by atoms with E-state index in [0.29, 0.717) is 17.1 Å². The number of anilines is 1. The standard InChI is InChI=1S/C18H25F4N3O/c1-10-14(12-8-18(21,22)9-12)24-25(16(2,3)4)15(10)23-13(26)5-11-6-17(19,20)7-11/h11-12H,5-9H2,1-4H3,(H,23,26). The minimum absolute atomic E-state index is 0.0290. The Hall–Kier alpha value is -1.60. The third-order valence-corrected chi connectivity index (χ3v) is 5.18. The van der Waals surface area contributed by atoms with Crippen LogP contribution in [0, 0.1) is 12.8 Å². The largest absolute Gasteiger partial charge is 0.311 e. The zero-order valence-electron chi connectivity index (χ0n) is 15.5. The van der Waals surface area contributed by atoms with Gasteiger partial charge >= 0.3 is 0 Å². The van der Waals surface area contributed by atoms with Gasteiger partial charge < -0.3 is 5.32 Å². The SMILES string of the molecule is Cc1c(C2CC(F)(F)C2)nn(C(C)(C)C)c1NC(=O)CC1CC(F)(F)C1. The molecule has 146 valence electrons. The van der Waals surface area contributed by atoms with E-state index >= 15 is 0 Å². The van der Waals surface area contributed by atoms with Crippen LogP contribution in [0.4, 0.5) is 23.4 Å². The minimum Gasteiger partial charge on any atom is -0.311 e. The Bertz CT molecular complexity index is 705. The summed E-state index contributed by atoms with van der Waals surface area (Å²) in [6, 6.07) is 0. The first-order chi connectivity index (χ1) is 11.8. The van der Waals surface area contributed by atoms with Crippen LogP contribution in [0.5, 0.6) is 0 Å². The van der Waals surface area contributed by atoms with Gasteiger partial charge in [-0.2, -0.15) is 5.10 Å². The molecule has 0 aromatic carbocycles. The molecule has 0 unspecified atom stereocenters. The van der Waals surface area contributed by atoms with Crippen LogP contribution in [0.2, 0.25) is 0 Å². The number of amides is 1. The van der Waals surface area contributed by atoms with E-state index in [4.69, 9.17) is 0 Å². The van der Waals surface area contributed by atoms with Gasteiger partial charge in [0.25, 0.3) is 0 Å². The second-order valence-corrected chi connectivity index (χ2v) is 8.79. The van der Waals surface area contributed by atoms with Crippen LogP contribution in [-0.4, -0.2) is 27.5 Å². The average Bonchev–Trinajstić information content (AvgIpc) is 2.71. The number of halogens is 4. The second kappa shape index (κ2) is 5.96. The molecule has 0 saturated heterocycles. The van der Waals surface area contributed by atoms with Gasteiger partial charge in [0.05, 0.1) is 11.2 Å². The van der Waals surface area contributed by atoms with Gasteiger partial charge in [-0.25, -0.2) is 22.2 Å². The summed E-state index contributed by atoms with van der Waals surface area (Å²) < 4.78 is 54.0. The molecule has 2 saturated carbocycles. The Morgan fingerprint density at radius 3 is 2.15 bits per heavy atom. The van der Waals surface area contributed by atoms with Crippen LogP contribution < -0.4 is 5.32 Å². The predicted molar refractivity (Wildman–Crippen MR) is 89.8 cm³/mol. The molecule has 0 aliphatic heterocycles. The number of nitrogens with zero attached hydrogens (tertiary/aromatic N) is 2. The molecule has 1 heterocycles. The molecule has 0 spiro atoms. The van der Waals surface area contributed by atoms with Crippen molar-refractivity contribution in [1.82, 2.24) is 9.78 Å². The lowest BCUT2D eigenvalue weighted by Crippen LogP contribution is -2.37. The van der Waals surface area contributed by atoms with Gasteiger partial charge in [0.1, 0.15) is 5.82 Å². The van der Waals surface area contributed by atoms with Crippen molar-refractivity contribution in [1.29, 1.82) is 0 Å². The van der Waals surface area contributed by atoms with Gasteiger partial charge in [-0.3, -0.25) is 4.79 Å². The first-order valence-electron chi connectivity index (χ1n) is 8.93. The van der Waals surface area contributed by atoms with E-state index < -0.39 is 17.4 Å². The first kappa shape index (κ1) is 19.2. The highest BCUT2D eigenvalue weighted by Gasteiger charge is 2.48. The molecule has 2 aliphatic carbocycles. The Morgan fingerprint density at radius 1 is 1.15 bits per heavy atom. The summed E-state index contributed by atoms with van der Waals surface area (Å²) in [5, 5.41) is 7.29. The fourth-order valence-electron chi connectivity index (χ4n) is 3.76. The Labute approximate surface area is 150 Å². The van der Waals surface area contributed by atoms with E-state index in [-0.39, 0.29) is 49.8 Å². The molecular weight excluding hydrogens is 350 g/mol. The Morgan fingerprint density at radius 2 is 1.69 bits per heavy atom. The van der Waals surface area contributed by atoms with Gasteiger partial charge in [0, 0.05) is 43.6 Å². The average molecular weight is 375 g/mol. The maximum Gasteiger partial charge on any atom is 0.249 e. The fourth-order valence-corrected chi connectivity index (χ4v) is 3.76. The van der Waals surface area contributed by atoms with E-state index in [0.717, 1.165) is 0 Å². The lowest BCUT2D eigenvalue weighted by Gasteiger charge is -2.34. The quantitative estimate of drug-likeness (QED) is 0.766. The molecule has 2 fully saturated rings. The van der Waals surface area contributed by atoms with E-state index in [9.17, 15) is 22.4 Å². The van der Waals surface area contributed by atoms with Gasteiger partial charge in [0.15, 0.2) is 0 Å². The highest BCUT2D eigenvalue weighted by atomic mass is 19.3. The summed E-state index contributed by atoms with van der Waals surface area (Å²) >= 11 is 0. The number of hydrogen-bond donors (Lipinski definition) is 1. The number of rotatable bonds is 4. The van der Waals surface area contributed by atoms with E-state index in [2.05, 4.69) is 10.4 Å². The molecule has 0 bridgehead atoms. The summed E-state index contributed by atoms with van der Waals surface area (Å²) in [6.07, 6.45) is -0.971. The molecule has 1 aromatic heterocycles. The minimum atomic E-state index is -2.66. The fraction of sp³-hybridized carbons (Fsp3) is 0.778. The lowest BCUT2D eigenvalue weighted by molar-refractivity contribution is -0.129. The third kappa shape index (κ3) is 3.74. The Balaban J connectivity index is 1.77. The molecule has 3 rings (SSSR count). The number of nitrogens with one attached hydrogen (secondary N) is 1. The van der Waals surface area contributed by atoms with E-state index in [1.54, 1.807) is 11.6 Å². The van der Waals surface area contributed by atoms with Crippen molar-refractivity contribution >= 4 is 11.7 Å². The highest BCUT2D eigenvalue weighted by molar-refractivity contribution is 5.91. The molecule has 1 N–H and O–H groups in total. The van der Waals surface area contributed by atoms with Crippen molar-refractivity contribution in [3.8, 4) is 0 Å². The van der Waals surface area contributed by atoms with Gasteiger partial charge in [-0.05, 0) is 33.6 Å². The Kier molecular flexibility index (Phi) is 4.39. The third-order valence-electron chi connectivity index (χ3n) is 5.18. The molecular formula is C18H25F4N3O. The number of aromatic nitrogens is 2. The number of carbonyl (C=O) groups is 1. The van der Waals surface area contributed by atoms with E-state index in [1.807, 2.05) is 20.8 Å². The smallest absolute Gasteiger partial charge is 0.249 e. The van der Waals surface area contributed by atoms with Crippen molar-refractivity contribution < 1.29 is 22.4 Å². The van der Waals surface area contributed by atoms with Crippen molar-refractivity contribution in [3.05, 3.63) is 11.3 Å². The zero-order valence-corrected chi connectivity index (χ0v) is 15.5. The summed E-state index contributed by atoms with van der Waals surface area (Å²) in [4.78, 5) is 12.3. The van der Waals surface area contributed by atoms with Crippen LogP contribution in [0.25, 0.3) is 0 Å². The summed E-state index contributed by atoms with van der Waals surface area (Å²) in [5.74, 6) is -5.82. The van der Waals surface area contributed by atoms with Gasteiger partial charge in [-0.1, -0.05) is 0 Å². The zero-order chi connectivity index (χ0) is 19.5. The first-order valence-corrected chi connectivity index (χ1v) is 8.93. The normalized spacial score (nSPS) is 22.6. The van der Waals surface area contributed by atoms with Crippen LogP contribution in [0.3, 0.4) is 0 Å². The number of hydrogen-bond acceptors (Lipinski definition) is 2. The van der Waals surface area contributed by atoms with Crippen molar-refractivity contribution in [2.24, 2.45) is 5.92 Å². The summed E-state index contributed by atoms with van der Waals surface area (Å²) in [5.41, 5.74) is 0.797. The monoisotopic (exact) mass is 375 g/mol. The number of carbonyl (C=O) groups excluding carboxylic acids is 1. The van der Waals surface area contributed by atoms with Gasteiger partial charge in [-0.15, -0.1) is 0 Å². The highest BCUT2D eigenvalue weighted by Crippen LogP contribution is 2.49. The van der Waals surface area contributed by atoms with Crippen molar-refractivity contribution in [2.45, 2.75) is 83.1 Å². The molecule has 0 atom stereocenters. The topological polar surface area (TPSA) is 46.9 Å². The predicted octanol–water partition coefficient (Wildman–Crippen LogP) is 4.83. The summed E-state index contributed by atoms with van der Waals surface area (Å²) in [6.45, 7) is 7.47. The summed E-state index contributed by atoms with van der Waals surface area (Å²) in [7, 11) is 0. The van der Waals surface area contributed by atoms with Crippen molar-refractivity contribution in [2.75, 3.05) is 5.32 Å². The van der Waals surface area contributed by atoms with Crippen LogP contribution in [0.15, 0.2) is 0 Å². The van der Waals surface area contributed by atoms with Crippen LogP contribution in [-0.2, 0) is 10.3 Å². The van der Waals surface area contributed by atoms with Crippen LogP contribution >= 0.6 is 0 Å². The molecule has 1 amide bonds. The number of alkyl halides is 4. The maximum absolute atomic E-state index is 13.2. The molecule has 1 aromatic rings. The molecule has 2 aliphatic rings. The molecule has 0 radical (unpaired) electrons. The lowest BCUT2D eigenvalue weighted by atomic mass is 9.78. The molecule has 4 nitrogen and oxygen atoms in total.